The van der Waals surface area contributed by atoms with E-state index < -0.39 is 17.2 Å². The highest BCUT2D eigenvalue weighted by Gasteiger charge is 2.24. The van der Waals surface area contributed by atoms with Gasteiger partial charge >= 0.3 is 5.69 Å². The first-order chi connectivity index (χ1) is 16.4. The van der Waals surface area contributed by atoms with Crippen molar-refractivity contribution in [2.75, 3.05) is 36.9 Å². The quantitative estimate of drug-likeness (QED) is 0.551. The van der Waals surface area contributed by atoms with E-state index in [-0.39, 0.29) is 24.1 Å². The second-order valence-electron chi connectivity index (χ2n) is 8.55. The summed E-state index contributed by atoms with van der Waals surface area (Å²) in [4.78, 5) is 41.2. The van der Waals surface area contributed by atoms with Crippen LogP contribution in [-0.4, -0.2) is 41.3 Å². The minimum atomic E-state index is -0.574. The minimum absolute atomic E-state index is 0.139. The van der Waals surface area contributed by atoms with Gasteiger partial charge in [0.2, 0.25) is 5.91 Å². The van der Waals surface area contributed by atoms with Crippen LogP contribution in [0.25, 0.3) is 10.8 Å². The van der Waals surface area contributed by atoms with Gasteiger partial charge in [-0.05, 0) is 35.7 Å². The Morgan fingerprint density at radius 2 is 1.79 bits per heavy atom. The largest absolute Gasteiger partial charge is 0.383 e. The SMILES string of the molecule is CCCn1c(N)c(N2CCOCC2)c(=O)n(CC(=O)N[C@@H](C)c2ccc3ccccc3c2)c1=O. The molecule has 1 amide bonds. The van der Waals surface area contributed by atoms with Crippen LogP contribution in [0, 0.1) is 0 Å². The lowest BCUT2D eigenvalue weighted by molar-refractivity contribution is -0.122. The van der Waals surface area contributed by atoms with Crippen molar-refractivity contribution < 1.29 is 9.53 Å². The molecule has 4 rings (SSSR count). The molecule has 1 aliphatic rings. The highest BCUT2D eigenvalue weighted by atomic mass is 16.5. The number of nitrogens with one attached hydrogen (secondary N) is 1. The highest BCUT2D eigenvalue weighted by molar-refractivity contribution is 5.83. The Kier molecular flexibility index (Phi) is 7.02. The van der Waals surface area contributed by atoms with Crippen LogP contribution in [0.1, 0.15) is 31.9 Å². The van der Waals surface area contributed by atoms with Crippen LogP contribution < -0.4 is 27.2 Å². The number of benzene rings is 2. The van der Waals surface area contributed by atoms with Gasteiger partial charge in [-0.3, -0.25) is 14.2 Å². The van der Waals surface area contributed by atoms with Gasteiger partial charge in [0.05, 0.1) is 19.3 Å². The van der Waals surface area contributed by atoms with E-state index in [0.29, 0.717) is 39.3 Å². The summed E-state index contributed by atoms with van der Waals surface area (Å²) in [5, 5.41) is 5.11. The number of aromatic nitrogens is 2. The van der Waals surface area contributed by atoms with Gasteiger partial charge in [0, 0.05) is 19.6 Å². The smallest absolute Gasteiger partial charge is 0.333 e. The van der Waals surface area contributed by atoms with Gasteiger partial charge in [-0.25, -0.2) is 9.36 Å². The Labute approximate surface area is 197 Å². The molecule has 0 spiro atoms. The molecular weight excluding hydrogens is 434 g/mol. The number of hydrogen-bond acceptors (Lipinski definition) is 6. The molecule has 0 bridgehead atoms. The number of fused-ring (bicyclic) bond motifs is 1. The topological polar surface area (TPSA) is 112 Å². The molecule has 3 N–H and O–H groups in total. The number of carbonyl (C=O) groups is 1. The van der Waals surface area contributed by atoms with Gasteiger partial charge in [0.15, 0.2) is 0 Å². The van der Waals surface area contributed by atoms with Crippen LogP contribution in [0.4, 0.5) is 11.5 Å². The first-order valence-electron chi connectivity index (χ1n) is 11.6. The molecule has 180 valence electrons. The molecule has 9 heteroatoms. The maximum absolute atomic E-state index is 13.3. The van der Waals surface area contributed by atoms with Crippen molar-refractivity contribution in [2.45, 2.75) is 39.4 Å². The summed E-state index contributed by atoms with van der Waals surface area (Å²) < 4.78 is 7.75. The number of ether oxygens (including phenoxy) is 1. The minimum Gasteiger partial charge on any atom is -0.383 e. The molecule has 0 unspecified atom stereocenters. The summed E-state index contributed by atoms with van der Waals surface area (Å²) >= 11 is 0. The molecule has 3 aromatic rings. The second-order valence-corrected chi connectivity index (χ2v) is 8.55. The van der Waals surface area contributed by atoms with E-state index in [0.717, 1.165) is 20.9 Å². The molecule has 9 nitrogen and oxygen atoms in total. The summed E-state index contributed by atoms with van der Waals surface area (Å²) in [6.07, 6.45) is 0.663. The van der Waals surface area contributed by atoms with Crippen molar-refractivity contribution in [2.24, 2.45) is 0 Å². The lowest BCUT2D eigenvalue weighted by Gasteiger charge is -2.30. The Morgan fingerprint density at radius 3 is 2.50 bits per heavy atom. The summed E-state index contributed by atoms with van der Waals surface area (Å²) in [6, 6.07) is 13.7. The van der Waals surface area contributed by atoms with Crippen LogP contribution in [0.3, 0.4) is 0 Å². The van der Waals surface area contributed by atoms with E-state index in [1.165, 1.54) is 4.57 Å². The standard InChI is InChI=1S/C25H31N5O4/c1-3-10-29-23(26)22(28-11-13-34-14-12-28)24(32)30(25(29)33)16-21(31)27-17(2)19-9-8-18-6-4-5-7-20(18)15-19/h4-9,15,17H,3,10-14,16,26H2,1-2H3,(H,27,31)/t17-/m0/s1. The number of anilines is 2. The lowest BCUT2D eigenvalue weighted by atomic mass is 10.0. The lowest BCUT2D eigenvalue weighted by Crippen LogP contribution is -2.49. The number of hydrogen-bond donors (Lipinski definition) is 2. The predicted octanol–water partition coefficient (Wildman–Crippen LogP) is 1.87. The van der Waals surface area contributed by atoms with Crippen LogP contribution in [0.5, 0.6) is 0 Å². The highest BCUT2D eigenvalue weighted by Crippen LogP contribution is 2.21. The van der Waals surface area contributed by atoms with Crippen LogP contribution in [-0.2, 0) is 22.6 Å². The average molecular weight is 466 g/mol. The molecule has 1 aromatic heterocycles. The van der Waals surface area contributed by atoms with Crippen molar-refractivity contribution in [1.29, 1.82) is 0 Å². The third-order valence-electron chi connectivity index (χ3n) is 6.17. The molecule has 1 saturated heterocycles. The zero-order valence-corrected chi connectivity index (χ0v) is 19.6. The summed E-state index contributed by atoms with van der Waals surface area (Å²) in [5.41, 5.74) is 6.34. The zero-order chi connectivity index (χ0) is 24.2. The van der Waals surface area contributed by atoms with Crippen molar-refractivity contribution in [3.05, 3.63) is 68.9 Å². The number of morpholine rings is 1. The zero-order valence-electron chi connectivity index (χ0n) is 19.6. The summed E-state index contributed by atoms with van der Waals surface area (Å²) in [5.74, 6) is -0.277. The molecule has 0 saturated carbocycles. The molecule has 0 radical (unpaired) electrons. The number of carbonyl (C=O) groups excluding carboxylic acids is 1. The summed E-state index contributed by atoms with van der Waals surface area (Å²) in [6.45, 7) is 5.71. The Hall–Kier alpha value is -3.59. The van der Waals surface area contributed by atoms with Crippen LogP contribution in [0.15, 0.2) is 52.1 Å². The monoisotopic (exact) mass is 465 g/mol. The maximum atomic E-state index is 13.3. The molecule has 1 atom stereocenters. The number of amides is 1. The molecule has 2 heterocycles. The van der Waals surface area contributed by atoms with Gasteiger partial charge in [-0.15, -0.1) is 0 Å². The van der Waals surface area contributed by atoms with Crippen molar-refractivity contribution in [1.82, 2.24) is 14.5 Å². The molecule has 0 aliphatic carbocycles. The van der Waals surface area contributed by atoms with Crippen molar-refractivity contribution in [3.63, 3.8) is 0 Å². The fourth-order valence-corrected chi connectivity index (χ4v) is 4.36. The first-order valence-corrected chi connectivity index (χ1v) is 11.6. The van der Waals surface area contributed by atoms with Gasteiger partial charge < -0.3 is 20.7 Å². The van der Waals surface area contributed by atoms with Crippen molar-refractivity contribution >= 4 is 28.2 Å². The van der Waals surface area contributed by atoms with Gasteiger partial charge in [0.1, 0.15) is 18.1 Å². The van der Waals surface area contributed by atoms with Crippen LogP contribution in [0.2, 0.25) is 0 Å². The van der Waals surface area contributed by atoms with E-state index in [2.05, 4.69) is 5.32 Å². The van der Waals surface area contributed by atoms with E-state index in [9.17, 15) is 14.4 Å². The van der Waals surface area contributed by atoms with Gasteiger partial charge in [-0.1, -0.05) is 43.3 Å². The summed E-state index contributed by atoms with van der Waals surface area (Å²) in [7, 11) is 0. The number of nitrogens with two attached hydrogens (primary N) is 1. The average Bonchev–Trinajstić information content (AvgIpc) is 2.85. The molecule has 1 aliphatic heterocycles. The van der Waals surface area contributed by atoms with E-state index in [1.54, 1.807) is 0 Å². The Balaban J connectivity index is 1.61. The van der Waals surface area contributed by atoms with Gasteiger partial charge in [0.25, 0.3) is 5.56 Å². The Bertz CT molecular complexity index is 1310. The maximum Gasteiger partial charge on any atom is 0.333 e. The van der Waals surface area contributed by atoms with E-state index in [1.807, 2.05) is 61.2 Å². The normalized spacial score (nSPS) is 14.8. The molecule has 34 heavy (non-hydrogen) atoms. The third kappa shape index (κ3) is 4.70. The number of nitrogens with zero attached hydrogens (tertiary/aromatic N) is 3. The van der Waals surface area contributed by atoms with Gasteiger partial charge in [-0.2, -0.15) is 0 Å². The predicted molar refractivity (Wildman–Crippen MR) is 133 cm³/mol. The third-order valence-corrected chi connectivity index (χ3v) is 6.17. The molecule has 2 aromatic carbocycles. The number of nitrogen functional groups attached to an aromatic ring is 1. The second kappa shape index (κ2) is 10.1. The first kappa shape index (κ1) is 23.6. The molecular formula is C25H31N5O4. The van der Waals surface area contributed by atoms with E-state index >= 15 is 0 Å². The Morgan fingerprint density at radius 1 is 1.09 bits per heavy atom. The molecule has 1 fully saturated rings. The number of rotatable bonds is 7. The van der Waals surface area contributed by atoms with E-state index in [4.69, 9.17) is 10.5 Å². The van der Waals surface area contributed by atoms with Crippen molar-refractivity contribution in [3.8, 4) is 0 Å². The fraction of sp³-hybridized carbons (Fsp3) is 0.400. The fourth-order valence-electron chi connectivity index (χ4n) is 4.36. The van der Waals surface area contributed by atoms with Crippen LogP contribution >= 0.6 is 0 Å².